The second-order valence-electron chi connectivity index (χ2n) is 4.90. The molecule has 3 aromatic rings. The highest BCUT2D eigenvalue weighted by molar-refractivity contribution is 6.42. The summed E-state index contributed by atoms with van der Waals surface area (Å²) in [6.07, 6.45) is 0.829. The molecule has 0 bridgehead atoms. The average molecular weight is 338 g/mol. The second kappa shape index (κ2) is 5.70. The summed E-state index contributed by atoms with van der Waals surface area (Å²) in [6, 6.07) is 5.11. The summed E-state index contributed by atoms with van der Waals surface area (Å²) in [6.45, 7) is 2.58. The van der Waals surface area contributed by atoms with Crippen LogP contribution in [0.3, 0.4) is 0 Å². The summed E-state index contributed by atoms with van der Waals surface area (Å²) >= 11 is 11.9. The summed E-state index contributed by atoms with van der Waals surface area (Å²) in [5.74, 6) is 0.398. The van der Waals surface area contributed by atoms with E-state index >= 15 is 0 Å². The van der Waals surface area contributed by atoms with Crippen LogP contribution < -0.4 is 5.69 Å². The maximum atomic E-state index is 12.2. The van der Waals surface area contributed by atoms with Crippen molar-refractivity contribution < 1.29 is 0 Å². The number of imidazole rings is 1. The highest BCUT2D eigenvalue weighted by atomic mass is 35.5. The van der Waals surface area contributed by atoms with Gasteiger partial charge in [0, 0.05) is 19.2 Å². The van der Waals surface area contributed by atoms with Gasteiger partial charge in [-0.15, -0.1) is 10.2 Å². The average Bonchev–Trinajstić information content (AvgIpc) is 2.75. The topological polar surface area (TPSA) is 65.6 Å². The predicted molar refractivity (Wildman–Crippen MR) is 86.3 cm³/mol. The molecule has 0 aliphatic heterocycles. The minimum Gasteiger partial charge on any atom is -0.278 e. The number of rotatable bonds is 3. The van der Waals surface area contributed by atoms with Gasteiger partial charge in [0.15, 0.2) is 11.5 Å². The molecule has 0 aliphatic carbocycles. The van der Waals surface area contributed by atoms with Crippen LogP contribution in [0.5, 0.6) is 0 Å². The molecule has 0 spiro atoms. The lowest BCUT2D eigenvalue weighted by Crippen LogP contribution is -2.22. The first-order valence-corrected chi connectivity index (χ1v) is 7.54. The van der Waals surface area contributed by atoms with Crippen molar-refractivity contribution in [2.24, 2.45) is 7.05 Å². The van der Waals surface area contributed by atoms with E-state index in [0.29, 0.717) is 39.3 Å². The Kier molecular flexibility index (Phi) is 3.88. The number of hydrogen-bond acceptors (Lipinski definition) is 4. The molecule has 114 valence electrons. The lowest BCUT2D eigenvalue weighted by Gasteiger charge is -2.02. The molecule has 0 saturated heterocycles. The van der Waals surface area contributed by atoms with Crippen LogP contribution in [-0.2, 0) is 13.6 Å². The SMILES string of the molecule is CCCn1c(=O)n(C)c2nc(-c3ccc(Cl)c(Cl)c3)nnc21. The number of benzene rings is 1. The zero-order valence-electron chi connectivity index (χ0n) is 12.0. The first-order valence-electron chi connectivity index (χ1n) is 6.78. The largest absolute Gasteiger partial charge is 0.331 e. The van der Waals surface area contributed by atoms with Crippen LogP contribution in [0, 0.1) is 0 Å². The molecule has 2 heterocycles. The Morgan fingerprint density at radius 3 is 2.59 bits per heavy atom. The van der Waals surface area contributed by atoms with Gasteiger partial charge in [-0.25, -0.2) is 9.78 Å². The van der Waals surface area contributed by atoms with Crippen LogP contribution in [0.15, 0.2) is 23.0 Å². The van der Waals surface area contributed by atoms with Crippen LogP contribution in [0.4, 0.5) is 0 Å². The minimum atomic E-state index is -0.148. The van der Waals surface area contributed by atoms with Crippen LogP contribution in [0.25, 0.3) is 22.7 Å². The maximum absolute atomic E-state index is 12.2. The first kappa shape index (κ1) is 15.0. The summed E-state index contributed by atoms with van der Waals surface area (Å²) in [7, 11) is 1.67. The van der Waals surface area contributed by atoms with E-state index in [1.54, 1.807) is 29.8 Å². The van der Waals surface area contributed by atoms with Gasteiger partial charge in [0.1, 0.15) is 0 Å². The quantitative estimate of drug-likeness (QED) is 0.737. The van der Waals surface area contributed by atoms with Gasteiger partial charge in [-0.05, 0) is 24.6 Å². The van der Waals surface area contributed by atoms with Gasteiger partial charge < -0.3 is 0 Å². The smallest absolute Gasteiger partial charge is 0.278 e. The van der Waals surface area contributed by atoms with Gasteiger partial charge in [0.25, 0.3) is 0 Å². The molecule has 0 fully saturated rings. The van der Waals surface area contributed by atoms with Crippen molar-refractivity contribution in [3.05, 3.63) is 38.7 Å². The molecule has 8 heteroatoms. The van der Waals surface area contributed by atoms with Crippen molar-refractivity contribution in [3.8, 4) is 11.4 Å². The van der Waals surface area contributed by atoms with Gasteiger partial charge in [-0.1, -0.05) is 30.1 Å². The molecule has 0 aliphatic rings. The Morgan fingerprint density at radius 2 is 1.91 bits per heavy atom. The van der Waals surface area contributed by atoms with Crippen molar-refractivity contribution in [1.82, 2.24) is 24.3 Å². The monoisotopic (exact) mass is 337 g/mol. The third kappa shape index (κ3) is 2.38. The molecule has 0 N–H and O–H groups in total. The van der Waals surface area contributed by atoms with E-state index in [2.05, 4.69) is 15.2 Å². The van der Waals surface area contributed by atoms with E-state index in [1.807, 2.05) is 6.92 Å². The lowest BCUT2D eigenvalue weighted by molar-refractivity contribution is 0.646. The number of hydrogen-bond donors (Lipinski definition) is 0. The number of fused-ring (bicyclic) bond motifs is 1. The third-order valence-corrected chi connectivity index (χ3v) is 4.11. The van der Waals surface area contributed by atoms with Crippen LogP contribution in [0.1, 0.15) is 13.3 Å². The van der Waals surface area contributed by atoms with Gasteiger partial charge in [-0.2, -0.15) is 0 Å². The van der Waals surface area contributed by atoms with Crippen LogP contribution in [-0.4, -0.2) is 24.3 Å². The Morgan fingerprint density at radius 1 is 1.14 bits per heavy atom. The summed E-state index contributed by atoms with van der Waals surface area (Å²) in [4.78, 5) is 16.7. The standard InChI is InChI=1S/C14H13Cl2N5O/c1-3-6-21-13-12(20(2)14(21)22)17-11(18-19-13)8-4-5-9(15)10(16)7-8/h4-5,7H,3,6H2,1-2H3. The van der Waals surface area contributed by atoms with Crippen LogP contribution >= 0.6 is 23.2 Å². The molecule has 6 nitrogen and oxygen atoms in total. The third-order valence-electron chi connectivity index (χ3n) is 3.37. The Balaban J connectivity index is 2.20. The highest BCUT2D eigenvalue weighted by Crippen LogP contribution is 2.26. The lowest BCUT2D eigenvalue weighted by atomic mass is 10.2. The Hall–Kier alpha value is -1.92. The van der Waals surface area contributed by atoms with Crippen molar-refractivity contribution in [2.75, 3.05) is 0 Å². The number of aryl methyl sites for hydroxylation is 2. The summed E-state index contributed by atoms with van der Waals surface area (Å²) < 4.78 is 3.05. The number of nitrogens with zero attached hydrogens (tertiary/aromatic N) is 5. The van der Waals surface area contributed by atoms with E-state index in [-0.39, 0.29) is 5.69 Å². The summed E-state index contributed by atoms with van der Waals surface area (Å²) in [5, 5.41) is 9.15. The molecule has 3 rings (SSSR count). The predicted octanol–water partition coefficient (Wildman–Crippen LogP) is 2.91. The second-order valence-corrected chi connectivity index (χ2v) is 5.72. The Labute approximate surface area is 136 Å². The molecular formula is C14H13Cl2N5O. The van der Waals surface area contributed by atoms with E-state index in [1.165, 1.54) is 4.57 Å². The molecular weight excluding hydrogens is 325 g/mol. The fourth-order valence-electron chi connectivity index (χ4n) is 2.26. The van der Waals surface area contributed by atoms with E-state index in [4.69, 9.17) is 23.2 Å². The molecule has 0 radical (unpaired) electrons. The molecule has 0 unspecified atom stereocenters. The fraction of sp³-hybridized carbons (Fsp3) is 0.286. The van der Waals surface area contributed by atoms with Crippen LogP contribution in [0.2, 0.25) is 10.0 Å². The normalized spacial score (nSPS) is 11.3. The van der Waals surface area contributed by atoms with Crippen molar-refractivity contribution in [1.29, 1.82) is 0 Å². The molecule has 22 heavy (non-hydrogen) atoms. The molecule has 1 aromatic carbocycles. The molecule has 0 saturated carbocycles. The highest BCUT2D eigenvalue weighted by Gasteiger charge is 2.15. The van der Waals surface area contributed by atoms with Gasteiger partial charge >= 0.3 is 5.69 Å². The molecule has 2 aromatic heterocycles. The van der Waals surface area contributed by atoms with E-state index in [9.17, 15) is 4.79 Å². The minimum absolute atomic E-state index is 0.148. The number of halogens is 2. The zero-order valence-corrected chi connectivity index (χ0v) is 13.6. The van der Waals surface area contributed by atoms with Crippen molar-refractivity contribution in [3.63, 3.8) is 0 Å². The first-order chi connectivity index (χ1) is 10.5. The van der Waals surface area contributed by atoms with Gasteiger partial charge in [-0.3, -0.25) is 9.13 Å². The van der Waals surface area contributed by atoms with Crippen molar-refractivity contribution in [2.45, 2.75) is 19.9 Å². The Bertz CT molecular complexity index is 915. The molecule has 0 atom stereocenters. The fourth-order valence-corrected chi connectivity index (χ4v) is 2.55. The van der Waals surface area contributed by atoms with Gasteiger partial charge in [0.2, 0.25) is 5.65 Å². The number of aromatic nitrogens is 5. The van der Waals surface area contributed by atoms with Gasteiger partial charge in [0.05, 0.1) is 10.0 Å². The van der Waals surface area contributed by atoms with E-state index < -0.39 is 0 Å². The van der Waals surface area contributed by atoms with E-state index in [0.717, 1.165) is 6.42 Å². The maximum Gasteiger partial charge on any atom is 0.331 e. The summed E-state index contributed by atoms with van der Waals surface area (Å²) in [5.41, 5.74) is 1.53. The van der Waals surface area contributed by atoms with Crippen molar-refractivity contribution >= 4 is 34.5 Å². The zero-order chi connectivity index (χ0) is 15.9. The molecule has 0 amide bonds.